The first-order valence-electron chi connectivity index (χ1n) is 6.50. The molecule has 4 N–H and O–H groups in total. The minimum absolute atomic E-state index is 0.0795. The number of hydrogen-bond donors (Lipinski definition) is 3. The Kier molecular flexibility index (Phi) is 4.65. The summed E-state index contributed by atoms with van der Waals surface area (Å²) in [4.78, 5) is 10.3. The van der Waals surface area contributed by atoms with Crippen molar-refractivity contribution in [1.82, 2.24) is 0 Å². The van der Waals surface area contributed by atoms with E-state index in [2.05, 4.69) is 4.72 Å². The fraction of sp³-hybridized carbons (Fsp3) is 0.0714. The number of aromatic carboxylic acids is 1. The van der Waals surface area contributed by atoms with Gasteiger partial charge in [-0.15, -0.1) is 0 Å². The number of carbonyl (C=O) groups is 1. The minimum Gasteiger partial charge on any atom is -0.478 e. The van der Waals surface area contributed by atoms with Crippen molar-refractivity contribution in [2.45, 2.75) is 16.7 Å². The molecule has 0 fully saturated rings. The van der Waals surface area contributed by atoms with Crippen LogP contribution in [0.25, 0.3) is 0 Å². The van der Waals surface area contributed by atoms with Gasteiger partial charge in [-0.1, -0.05) is 12.1 Å². The third-order valence-corrected chi connectivity index (χ3v) is 5.45. The lowest BCUT2D eigenvalue weighted by atomic mass is 10.1. The average molecular weight is 370 g/mol. The molecule has 8 nitrogen and oxygen atoms in total. The second-order valence-corrected chi connectivity index (χ2v) is 8.20. The summed E-state index contributed by atoms with van der Waals surface area (Å²) in [5.41, 5.74) is 0.499. The summed E-state index contributed by atoms with van der Waals surface area (Å²) in [6, 6.07) is 8.53. The van der Waals surface area contributed by atoms with Gasteiger partial charge < -0.3 is 5.11 Å². The zero-order valence-electron chi connectivity index (χ0n) is 12.4. The van der Waals surface area contributed by atoms with Crippen molar-refractivity contribution in [1.29, 1.82) is 0 Å². The molecule has 0 spiro atoms. The summed E-state index contributed by atoms with van der Waals surface area (Å²) in [5.74, 6) is -1.20. The van der Waals surface area contributed by atoms with Crippen molar-refractivity contribution < 1.29 is 26.7 Å². The maximum atomic E-state index is 12.4. The van der Waals surface area contributed by atoms with E-state index in [9.17, 15) is 21.6 Å². The van der Waals surface area contributed by atoms with Gasteiger partial charge in [0.25, 0.3) is 10.0 Å². The van der Waals surface area contributed by atoms with Crippen LogP contribution >= 0.6 is 0 Å². The largest absolute Gasteiger partial charge is 0.478 e. The van der Waals surface area contributed by atoms with Gasteiger partial charge in [0, 0.05) is 0 Å². The van der Waals surface area contributed by atoms with Gasteiger partial charge in [-0.05, 0) is 42.8 Å². The second-order valence-electron chi connectivity index (χ2n) is 4.96. The molecule has 24 heavy (non-hydrogen) atoms. The zero-order chi connectivity index (χ0) is 18.1. The van der Waals surface area contributed by atoms with E-state index >= 15 is 0 Å². The first-order valence-corrected chi connectivity index (χ1v) is 9.53. The maximum absolute atomic E-state index is 12.4. The highest BCUT2D eigenvalue weighted by molar-refractivity contribution is 7.93. The highest BCUT2D eigenvalue weighted by Gasteiger charge is 2.19. The Morgan fingerprint density at radius 1 is 1.04 bits per heavy atom. The second kappa shape index (κ2) is 6.23. The van der Waals surface area contributed by atoms with E-state index in [0.29, 0.717) is 5.56 Å². The number of anilines is 1. The number of rotatable bonds is 5. The molecule has 0 unspecified atom stereocenters. The van der Waals surface area contributed by atoms with Gasteiger partial charge in [-0.2, -0.15) is 0 Å². The van der Waals surface area contributed by atoms with Gasteiger partial charge in [0.1, 0.15) is 0 Å². The van der Waals surface area contributed by atoms with Crippen molar-refractivity contribution in [2.75, 3.05) is 4.72 Å². The lowest BCUT2D eigenvalue weighted by molar-refractivity contribution is 0.0697. The number of nitrogens with one attached hydrogen (secondary N) is 1. The topological polar surface area (TPSA) is 144 Å². The molecule has 0 saturated carbocycles. The predicted molar refractivity (Wildman–Crippen MR) is 86.8 cm³/mol. The Morgan fingerprint density at radius 3 is 2.25 bits per heavy atom. The monoisotopic (exact) mass is 370 g/mol. The third-order valence-electron chi connectivity index (χ3n) is 3.17. The molecule has 0 bridgehead atoms. The molecule has 0 radical (unpaired) electrons. The summed E-state index contributed by atoms with van der Waals surface area (Å²) < 4.78 is 49.8. The molecular weight excluding hydrogens is 356 g/mol. The van der Waals surface area contributed by atoms with Crippen LogP contribution in [0.5, 0.6) is 0 Å². The van der Waals surface area contributed by atoms with Gasteiger partial charge >= 0.3 is 5.97 Å². The minimum atomic E-state index is -4.12. The molecule has 128 valence electrons. The van der Waals surface area contributed by atoms with E-state index < -0.39 is 26.0 Å². The maximum Gasteiger partial charge on any atom is 0.335 e. The number of carboxylic acids is 1. The quantitative estimate of drug-likeness (QED) is 0.720. The van der Waals surface area contributed by atoms with Gasteiger partial charge in [0.15, 0.2) is 0 Å². The summed E-state index contributed by atoms with van der Waals surface area (Å²) in [6.45, 7) is 1.60. The van der Waals surface area contributed by atoms with E-state index in [0.717, 1.165) is 6.07 Å². The van der Waals surface area contributed by atoms with E-state index in [1.54, 1.807) is 6.92 Å². The van der Waals surface area contributed by atoms with E-state index in [1.807, 2.05) is 0 Å². The number of carboxylic acid groups (broad SMARTS) is 1. The van der Waals surface area contributed by atoms with Gasteiger partial charge in [-0.3, -0.25) is 4.72 Å². The Balaban J connectivity index is 2.46. The van der Waals surface area contributed by atoms with Crippen LogP contribution in [0.2, 0.25) is 0 Å². The molecular formula is C14H14N2O6S2. The normalized spacial score (nSPS) is 11.9. The van der Waals surface area contributed by atoms with Crippen molar-refractivity contribution in [3.05, 3.63) is 53.6 Å². The van der Waals surface area contributed by atoms with Crippen molar-refractivity contribution in [2.24, 2.45) is 5.14 Å². The fourth-order valence-corrected chi connectivity index (χ4v) is 3.69. The molecule has 2 aromatic rings. The Morgan fingerprint density at radius 2 is 1.67 bits per heavy atom. The van der Waals surface area contributed by atoms with Crippen LogP contribution in [0.3, 0.4) is 0 Å². The molecule has 0 heterocycles. The molecule has 2 aromatic carbocycles. The van der Waals surface area contributed by atoms with Crippen LogP contribution in [0.15, 0.2) is 52.3 Å². The molecule has 0 atom stereocenters. The SMILES string of the molecule is Cc1ccc(C(=O)O)cc1NS(=O)(=O)c1cccc(S(N)(=O)=O)c1. The number of nitrogens with two attached hydrogens (primary N) is 1. The Hall–Kier alpha value is -2.43. The highest BCUT2D eigenvalue weighted by Crippen LogP contribution is 2.22. The van der Waals surface area contributed by atoms with Crippen LogP contribution < -0.4 is 9.86 Å². The number of benzene rings is 2. The smallest absolute Gasteiger partial charge is 0.335 e. The average Bonchev–Trinajstić information content (AvgIpc) is 2.48. The molecule has 0 aliphatic rings. The van der Waals surface area contributed by atoms with Crippen LogP contribution in [0.4, 0.5) is 5.69 Å². The first-order chi connectivity index (χ1) is 11.0. The predicted octanol–water partition coefficient (Wildman–Crippen LogP) is 1.14. The standard InChI is InChI=1S/C14H14N2O6S2/c1-9-5-6-10(14(17)18)7-13(9)16-24(21,22)12-4-2-3-11(8-12)23(15,19)20/h2-8,16H,1H3,(H,17,18)(H2,15,19,20). The molecule has 0 amide bonds. The first kappa shape index (κ1) is 17.9. The van der Waals surface area contributed by atoms with E-state index in [4.69, 9.17) is 10.2 Å². The molecule has 0 aliphatic carbocycles. The van der Waals surface area contributed by atoms with Crippen LogP contribution in [-0.2, 0) is 20.0 Å². The molecule has 2 rings (SSSR count). The lowest BCUT2D eigenvalue weighted by Gasteiger charge is -2.12. The molecule has 0 saturated heterocycles. The lowest BCUT2D eigenvalue weighted by Crippen LogP contribution is -2.16. The fourth-order valence-electron chi connectivity index (χ4n) is 1.89. The number of primary sulfonamides is 1. The Bertz CT molecular complexity index is 1010. The summed E-state index contributed by atoms with van der Waals surface area (Å²) in [5, 5.41) is 14.0. The zero-order valence-corrected chi connectivity index (χ0v) is 14.1. The molecule has 10 heteroatoms. The van der Waals surface area contributed by atoms with Crippen LogP contribution in [0, 0.1) is 6.92 Å². The van der Waals surface area contributed by atoms with Crippen molar-refractivity contribution in [3.63, 3.8) is 0 Å². The van der Waals surface area contributed by atoms with Crippen LogP contribution in [-0.4, -0.2) is 27.9 Å². The van der Waals surface area contributed by atoms with Gasteiger partial charge in [-0.25, -0.2) is 26.8 Å². The third kappa shape index (κ3) is 3.91. The molecule has 0 aliphatic heterocycles. The van der Waals surface area contributed by atoms with Gasteiger partial charge in [0.2, 0.25) is 10.0 Å². The van der Waals surface area contributed by atoms with E-state index in [1.165, 1.54) is 36.4 Å². The number of sulfonamides is 2. The number of hydrogen-bond acceptors (Lipinski definition) is 5. The highest BCUT2D eigenvalue weighted by atomic mass is 32.2. The molecule has 0 aromatic heterocycles. The van der Waals surface area contributed by atoms with Crippen molar-refractivity contribution >= 4 is 31.7 Å². The van der Waals surface area contributed by atoms with Crippen LogP contribution in [0.1, 0.15) is 15.9 Å². The van der Waals surface area contributed by atoms with E-state index in [-0.39, 0.29) is 21.0 Å². The summed E-state index contributed by atoms with van der Waals surface area (Å²) in [7, 11) is -8.18. The summed E-state index contributed by atoms with van der Waals surface area (Å²) in [6.07, 6.45) is 0. The van der Waals surface area contributed by atoms with Gasteiger partial charge in [0.05, 0.1) is 21.0 Å². The Labute approximate surface area is 139 Å². The van der Waals surface area contributed by atoms with Crippen molar-refractivity contribution in [3.8, 4) is 0 Å². The summed E-state index contributed by atoms with van der Waals surface area (Å²) >= 11 is 0. The number of aryl methyl sites for hydroxylation is 1.